The molecular formula is C29H35N3O6S. The maximum Gasteiger partial charge on any atom is 0.411 e. The van der Waals surface area contributed by atoms with E-state index in [2.05, 4.69) is 4.98 Å². The van der Waals surface area contributed by atoms with Crippen molar-refractivity contribution in [2.45, 2.75) is 50.9 Å². The molecule has 0 saturated carbocycles. The van der Waals surface area contributed by atoms with Crippen molar-refractivity contribution in [1.29, 1.82) is 0 Å². The molecule has 0 bridgehead atoms. The zero-order chi connectivity index (χ0) is 27.8. The zero-order valence-electron chi connectivity index (χ0n) is 22.3. The highest BCUT2D eigenvalue weighted by Gasteiger charge is 2.31. The molecule has 0 fully saturated rings. The van der Waals surface area contributed by atoms with Gasteiger partial charge in [0, 0.05) is 30.9 Å². The standard InChI is InChI=1S/C29H35N3O6S/c1-3-28(31(19-23-8-5-4-6-9-23)29(33)38-20-24-10-7-14-30-17-24)32(34)18-22(2)21-39(35,36)26-11-12-27-25(16-26)13-15-37-27/h4-12,14,16-17,22,28,34H,3,13,15,18-21H2,1-2H3/t22-,28+/m1/s1. The van der Waals surface area contributed by atoms with E-state index in [1.165, 1.54) is 4.90 Å². The van der Waals surface area contributed by atoms with Crippen LogP contribution >= 0.6 is 0 Å². The third-order valence-corrected chi connectivity index (χ3v) is 8.59. The molecule has 1 N–H and O–H groups in total. The molecule has 9 nitrogen and oxygen atoms in total. The monoisotopic (exact) mass is 553 g/mol. The lowest BCUT2D eigenvalue weighted by atomic mass is 10.1. The summed E-state index contributed by atoms with van der Waals surface area (Å²) in [4.78, 5) is 19.0. The highest BCUT2D eigenvalue weighted by molar-refractivity contribution is 7.91. The SMILES string of the molecule is CC[C@H](N(O)C[C@@H](C)CS(=O)(=O)c1ccc2c(c1)CCO2)N(Cc1ccccc1)C(=O)OCc1cccnc1. The fraction of sp³-hybridized carbons (Fsp3) is 0.379. The molecule has 1 aliphatic heterocycles. The number of rotatable bonds is 12. The number of carbonyl (C=O) groups excluding carboxylic acids is 1. The highest BCUT2D eigenvalue weighted by atomic mass is 32.2. The van der Waals surface area contributed by atoms with Gasteiger partial charge in [-0.1, -0.05) is 50.2 Å². The molecule has 0 aliphatic carbocycles. The summed E-state index contributed by atoms with van der Waals surface area (Å²) in [7, 11) is -3.59. The van der Waals surface area contributed by atoms with E-state index in [1.807, 2.05) is 43.3 Å². The predicted octanol–water partition coefficient (Wildman–Crippen LogP) is 4.69. The summed E-state index contributed by atoms with van der Waals surface area (Å²) in [5, 5.41) is 12.2. The second-order valence-corrected chi connectivity index (χ2v) is 11.8. The van der Waals surface area contributed by atoms with E-state index in [0.717, 1.165) is 27.5 Å². The molecule has 0 radical (unpaired) electrons. The number of benzene rings is 2. The normalized spacial score (nSPS) is 14.4. The van der Waals surface area contributed by atoms with Gasteiger partial charge in [0.2, 0.25) is 0 Å². The van der Waals surface area contributed by atoms with Crippen LogP contribution in [0.25, 0.3) is 0 Å². The van der Waals surface area contributed by atoms with Crippen LogP contribution in [-0.4, -0.2) is 59.7 Å². The number of hydrogen-bond donors (Lipinski definition) is 1. The Bertz CT molecular complexity index is 1340. The highest BCUT2D eigenvalue weighted by Crippen LogP contribution is 2.28. The Balaban J connectivity index is 1.45. The number of pyridine rings is 1. The average molecular weight is 554 g/mol. The number of ether oxygens (including phenoxy) is 2. The number of sulfone groups is 1. The summed E-state index contributed by atoms with van der Waals surface area (Å²) in [6, 6.07) is 18.0. The first kappa shape index (κ1) is 28.5. The fourth-order valence-electron chi connectivity index (χ4n) is 4.70. The number of carbonyl (C=O) groups is 1. The van der Waals surface area contributed by atoms with Crippen LogP contribution in [0.4, 0.5) is 4.79 Å². The number of amides is 1. The van der Waals surface area contributed by atoms with Crippen LogP contribution in [0.2, 0.25) is 0 Å². The van der Waals surface area contributed by atoms with Crippen LogP contribution in [0.5, 0.6) is 5.75 Å². The first-order chi connectivity index (χ1) is 18.8. The van der Waals surface area contributed by atoms with Crippen molar-refractivity contribution in [1.82, 2.24) is 14.9 Å². The zero-order valence-corrected chi connectivity index (χ0v) is 23.1. The van der Waals surface area contributed by atoms with Crippen molar-refractivity contribution in [2.75, 3.05) is 18.9 Å². The van der Waals surface area contributed by atoms with Crippen molar-refractivity contribution >= 4 is 15.9 Å². The van der Waals surface area contributed by atoms with Crippen molar-refractivity contribution in [2.24, 2.45) is 5.92 Å². The molecule has 4 rings (SSSR count). The van der Waals surface area contributed by atoms with Crippen molar-refractivity contribution in [3.05, 3.63) is 89.7 Å². The van der Waals surface area contributed by atoms with Gasteiger partial charge >= 0.3 is 6.09 Å². The molecule has 3 aromatic rings. The predicted molar refractivity (Wildman–Crippen MR) is 146 cm³/mol. The van der Waals surface area contributed by atoms with Gasteiger partial charge in [0.25, 0.3) is 0 Å². The van der Waals surface area contributed by atoms with Crippen LogP contribution in [-0.2, 0) is 34.1 Å². The lowest BCUT2D eigenvalue weighted by Gasteiger charge is -2.36. The smallest absolute Gasteiger partial charge is 0.411 e. The molecular weight excluding hydrogens is 518 g/mol. The van der Waals surface area contributed by atoms with Gasteiger partial charge in [-0.05, 0) is 47.7 Å². The summed E-state index contributed by atoms with van der Waals surface area (Å²) < 4.78 is 37.3. The van der Waals surface area contributed by atoms with Crippen LogP contribution < -0.4 is 4.74 Å². The number of hydroxylamine groups is 2. The third kappa shape index (κ3) is 7.56. The van der Waals surface area contributed by atoms with Gasteiger partial charge in [0.15, 0.2) is 9.84 Å². The Kier molecular flexibility index (Phi) is 9.55. The molecule has 39 heavy (non-hydrogen) atoms. The van der Waals surface area contributed by atoms with Crippen LogP contribution in [0.3, 0.4) is 0 Å². The summed E-state index contributed by atoms with van der Waals surface area (Å²) >= 11 is 0. The molecule has 10 heteroatoms. The third-order valence-electron chi connectivity index (χ3n) is 6.61. The van der Waals surface area contributed by atoms with Gasteiger partial charge in [0.05, 0.1) is 23.8 Å². The summed E-state index contributed by atoms with van der Waals surface area (Å²) in [5.41, 5.74) is 2.51. The topological polar surface area (TPSA) is 109 Å². The number of nitrogens with zero attached hydrogens (tertiary/aromatic N) is 3. The van der Waals surface area contributed by atoms with E-state index in [9.17, 15) is 18.4 Å². The van der Waals surface area contributed by atoms with E-state index < -0.39 is 28.0 Å². The van der Waals surface area contributed by atoms with Crippen molar-refractivity contribution < 1.29 is 27.9 Å². The Morgan fingerprint density at radius 2 is 1.90 bits per heavy atom. The molecule has 2 heterocycles. The molecule has 0 saturated heterocycles. The van der Waals surface area contributed by atoms with Gasteiger partial charge in [-0.15, -0.1) is 0 Å². The van der Waals surface area contributed by atoms with E-state index in [-0.39, 0.29) is 30.3 Å². The van der Waals surface area contributed by atoms with E-state index in [4.69, 9.17) is 9.47 Å². The molecule has 1 aromatic heterocycles. The maximum absolute atomic E-state index is 13.3. The molecule has 2 atom stereocenters. The summed E-state index contributed by atoms with van der Waals surface area (Å²) in [6.45, 7) is 4.48. The second-order valence-electron chi connectivity index (χ2n) is 9.79. The quantitative estimate of drug-likeness (QED) is 0.254. The molecule has 1 aliphatic rings. The molecule has 2 aromatic carbocycles. The Labute approximate surface area is 229 Å². The van der Waals surface area contributed by atoms with E-state index in [0.29, 0.717) is 19.4 Å². The van der Waals surface area contributed by atoms with Crippen LogP contribution in [0.15, 0.2) is 78.0 Å². The number of aromatic nitrogens is 1. The lowest BCUT2D eigenvalue weighted by molar-refractivity contribution is -0.174. The average Bonchev–Trinajstić information content (AvgIpc) is 3.40. The van der Waals surface area contributed by atoms with Crippen LogP contribution in [0.1, 0.15) is 37.0 Å². The van der Waals surface area contributed by atoms with Gasteiger partial charge in [-0.3, -0.25) is 9.88 Å². The largest absolute Gasteiger partial charge is 0.493 e. The molecule has 208 valence electrons. The Morgan fingerprint density at radius 3 is 2.62 bits per heavy atom. The van der Waals surface area contributed by atoms with Crippen molar-refractivity contribution in [3.8, 4) is 5.75 Å². The second kappa shape index (κ2) is 13.1. The maximum atomic E-state index is 13.3. The number of hydrogen-bond acceptors (Lipinski definition) is 8. The van der Waals surface area contributed by atoms with E-state index in [1.54, 1.807) is 43.6 Å². The Hall–Kier alpha value is -3.47. The first-order valence-electron chi connectivity index (χ1n) is 13.1. The Morgan fingerprint density at radius 1 is 1.13 bits per heavy atom. The van der Waals surface area contributed by atoms with E-state index >= 15 is 0 Å². The van der Waals surface area contributed by atoms with Gasteiger partial charge < -0.3 is 14.7 Å². The minimum atomic E-state index is -3.59. The number of fused-ring (bicyclic) bond motifs is 1. The molecule has 0 unspecified atom stereocenters. The summed E-state index contributed by atoms with van der Waals surface area (Å²) in [5.74, 6) is 0.163. The van der Waals surface area contributed by atoms with Crippen LogP contribution in [0, 0.1) is 5.92 Å². The molecule has 1 amide bonds. The van der Waals surface area contributed by atoms with Gasteiger partial charge in [-0.25, -0.2) is 13.2 Å². The fourth-order valence-corrected chi connectivity index (χ4v) is 6.34. The van der Waals surface area contributed by atoms with Gasteiger partial charge in [-0.2, -0.15) is 5.06 Å². The minimum Gasteiger partial charge on any atom is -0.493 e. The molecule has 0 spiro atoms. The first-order valence-corrected chi connectivity index (χ1v) is 14.7. The lowest BCUT2D eigenvalue weighted by Crippen LogP contribution is -2.50. The summed E-state index contributed by atoms with van der Waals surface area (Å²) in [6.07, 6.45) is 3.04. The van der Waals surface area contributed by atoms with Gasteiger partial charge in [0.1, 0.15) is 18.5 Å². The minimum absolute atomic E-state index is 0.0420. The van der Waals surface area contributed by atoms with Crippen molar-refractivity contribution in [3.63, 3.8) is 0 Å².